The molecule has 0 saturated carbocycles. The first kappa shape index (κ1) is 24.6. The molecule has 0 aliphatic carbocycles. The van der Waals surface area contributed by atoms with E-state index in [1.165, 1.54) is 14.2 Å². The van der Waals surface area contributed by atoms with Crippen molar-refractivity contribution in [2.45, 2.75) is 19.3 Å². The normalized spacial score (nSPS) is 11.5. The maximum Gasteiger partial charge on any atom is 0.254 e. The van der Waals surface area contributed by atoms with Crippen molar-refractivity contribution in [3.05, 3.63) is 88.7 Å². The summed E-state index contributed by atoms with van der Waals surface area (Å²) in [5.74, 6) is -2.45. The van der Waals surface area contributed by atoms with Crippen LogP contribution in [0.4, 0.5) is 8.78 Å². The lowest BCUT2D eigenvalue weighted by molar-refractivity contribution is -0.131. The van der Waals surface area contributed by atoms with Gasteiger partial charge in [0, 0.05) is 49.3 Å². The topological polar surface area (TPSA) is 120 Å². The monoisotopic (exact) mass is 470 g/mol. The quantitative estimate of drug-likeness (QED) is 0.309. The lowest BCUT2D eigenvalue weighted by Gasteiger charge is -2.19. The number of halogens is 2. The number of rotatable bonds is 10. The van der Waals surface area contributed by atoms with Crippen LogP contribution in [-0.2, 0) is 22.7 Å². The highest BCUT2D eigenvalue weighted by molar-refractivity contribution is 5.95. The second-order valence-electron chi connectivity index (χ2n) is 7.22. The van der Waals surface area contributed by atoms with Crippen LogP contribution < -0.4 is 20.5 Å². The average Bonchev–Trinajstić information content (AvgIpc) is 2.84. The summed E-state index contributed by atoms with van der Waals surface area (Å²) in [5.41, 5.74) is 6.93. The molecule has 34 heavy (non-hydrogen) atoms. The number of nitrogen functional groups attached to an aromatic ring is 1. The molecule has 2 aromatic carbocycles. The van der Waals surface area contributed by atoms with Crippen LogP contribution in [0, 0.1) is 17.0 Å². The van der Waals surface area contributed by atoms with Crippen LogP contribution >= 0.6 is 0 Å². The van der Waals surface area contributed by atoms with E-state index in [1.807, 2.05) is 0 Å². The minimum absolute atomic E-state index is 0.0180. The van der Waals surface area contributed by atoms with Gasteiger partial charge < -0.3 is 25.3 Å². The highest BCUT2D eigenvalue weighted by atomic mass is 19.1. The molecule has 10 heteroatoms. The molecule has 0 radical (unpaired) electrons. The first-order valence-corrected chi connectivity index (χ1v) is 10.2. The third-order valence-corrected chi connectivity index (χ3v) is 5.00. The number of benzene rings is 2. The Kier molecular flexibility index (Phi) is 8.10. The Balaban J connectivity index is 1.79. The van der Waals surface area contributed by atoms with Gasteiger partial charge in [-0.15, -0.1) is 0 Å². The van der Waals surface area contributed by atoms with Crippen LogP contribution in [0.1, 0.15) is 28.4 Å². The van der Waals surface area contributed by atoms with E-state index in [2.05, 4.69) is 10.3 Å². The molecule has 1 heterocycles. The number of nitrogens with zero attached hydrogens (tertiary/aromatic N) is 1. The standard InChI is InChI=1S/C24H24F2N4O4/c1-32-17-10-18(25)21(19(26)11-17)22(33-2)24(31)30-12-16-4-3-15(23(27)28)9-20(16)34-13-14-5-7-29-8-6-14/h3-11,22H,12-13H2,1-2H3,(H3,27,28)(H,30,31). The van der Waals surface area contributed by atoms with Crippen LogP contribution in [0.15, 0.2) is 54.9 Å². The zero-order valence-electron chi connectivity index (χ0n) is 18.6. The third-order valence-electron chi connectivity index (χ3n) is 5.00. The number of amides is 1. The van der Waals surface area contributed by atoms with E-state index < -0.39 is 29.2 Å². The maximum atomic E-state index is 14.5. The molecule has 0 saturated heterocycles. The fourth-order valence-corrected chi connectivity index (χ4v) is 3.20. The fourth-order valence-electron chi connectivity index (χ4n) is 3.20. The van der Waals surface area contributed by atoms with Crippen LogP contribution in [-0.4, -0.2) is 30.9 Å². The molecule has 0 spiro atoms. The number of methoxy groups -OCH3 is 2. The molecule has 0 aliphatic heterocycles. The van der Waals surface area contributed by atoms with Crippen LogP contribution in [0.5, 0.6) is 11.5 Å². The summed E-state index contributed by atoms with van der Waals surface area (Å²) in [6, 6.07) is 10.4. The summed E-state index contributed by atoms with van der Waals surface area (Å²) >= 11 is 0. The van der Waals surface area contributed by atoms with Gasteiger partial charge in [-0.1, -0.05) is 12.1 Å². The molecule has 3 rings (SSSR count). The van der Waals surface area contributed by atoms with Crippen molar-refractivity contribution in [1.29, 1.82) is 5.41 Å². The lowest BCUT2D eigenvalue weighted by Crippen LogP contribution is -2.31. The number of hydrogen-bond donors (Lipinski definition) is 3. The molecule has 1 aromatic heterocycles. The second kappa shape index (κ2) is 11.2. The zero-order valence-corrected chi connectivity index (χ0v) is 18.6. The first-order valence-electron chi connectivity index (χ1n) is 10.2. The summed E-state index contributed by atoms with van der Waals surface area (Å²) in [4.78, 5) is 16.7. The van der Waals surface area contributed by atoms with Gasteiger partial charge in [-0.2, -0.15) is 0 Å². The predicted octanol–water partition coefficient (Wildman–Crippen LogP) is 3.24. The Hall–Kier alpha value is -4.05. The number of amidine groups is 1. The number of pyridine rings is 1. The molecule has 1 atom stereocenters. The van der Waals surface area contributed by atoms with E-state index in [1.54, 1.807) is 42.7 Å². The lowest BCUT2D eigenvalue weighted by atomic mass is 10.1. The van der Waals surface area contributed by atoms with Crippen molar-refractivity contribution in [2.24, 2.45) is 5.73 Å². The van der Waals surface area contributed by atoms with Crippen molar-refractivity contribution in [2.75, 3.05) is 14.2 Å². The number of carbonyl (C=O) groups is 1. The van der Waals surface area contributed by atoms with Gasteiger partial charge in [0.2, 0.25) is 0 Å². The molecule has 0 fully saturated rings. The number of aromatic nitrogens is 1. The summed E-state index contributed by atoms with van der Waals surface area (Å²) in [5, 5.41) is 10.3. The smallest absolute Gasteiger partial charge is 0.254 e. The Morgan fingerprint density at radius 3 is 2.38 bits per heavy atom. The molecule has 4 N–H and O–H groups in total. The van der Waals surface area contributed by atoms with Crippen molar-refractivity contribution in [3.8, 4) is 11.5 Å². The van der Waals surface area contributed by atoms with Gasteiger partial charge in [-0.05, 0) is 23.8 Å². The van der Waals surface area contributed by atoms with E-state index in [0.717, 1.165) is 17.7 Å². The Labute approximate surface area is 195 Å². The highest BCUT2D eigenvalue weighted by Crippen LogP contribution is 2.28. The van der Waals surface area contributed by atoms with E-state index >= 15 is 0 Å². The van der Waals surface area contributed by atoms with Gasteiger partial charge in [0.25, 0.3) is 5.91 Å². The van der Waals surface area contributed by atoms with Crippen molar-refractivity contribution >= 4 is 11.7 Å². The van der Waals surface area contributed by atoms with Gasteiger partial charge in [0.05, 0.1) is 12.7 Å². The van der Waals surface area contributed by atoms with Gasteiger partial charge in [0.15, 0.2) is 6.10 Å². The minimum Gasteiger partial charge on any atom is -0.497 e. The average molecular weight is 470 g/mol. The Morgan fingerprint density at radius 2 is 1.79 bits per heavy atom. The number of nitrogens with two attached hydrogens (primary N) is 1. The van der Waals surface area contributed by atoms with Gasteiger partial charge in [-0.3, -0.25) is 15.2 Å². The molecule has 3 aromatic rings. The van der Waals surface area contributed by atoms with Gasteiger partial charge in [-0.25, -0.2) is 8.78 Å². The minimum atomic E-state index is -1.52. The molecule has 8 nitrogen and oxygen atoms in total. The van der Waals surface area contributed by atoms with Crippen LogP contribution in [0.2, 0.25) is 0 Å². The summed E-state index contributed by atoms with van der Waals surface area (Å²) in [7, 11) is 2.46. The Morgan fingerprint density at radius 1 is 1.12 bits per heavy atom. The van der Waals surface area contributed by atoms with Gasteiger partial charge >= 0.3 is 0 Å². The van der Waals surface area contributed by atoms with Gasteiger partial charge in [0.1, 0.15) is 35.6 Å². The zero-order chi connectivity index (χ0) is 24.7. The van der Waals surface area contributed by atoms with E-state index in [4.69, 9.17) is 25.4 Å². The largest absolute Gasteiger partial charge is 0.497 e. The van der Waals surface area contributed by atoms with Crippen molar-refractivity contribution < 1.29 is 27.8 Å². The van der Waals surface area contributed by atoms with E-state index in [0.29, 0.717) is 16.9 Å². The molecule has 0 aliphatic rings. The van der Waals surface area contributed by atoms with Crippen LogP contribution in [0.25, 0.3) is 0 Å². The van der Waals surface area contributed by atoms with Crippen LogP contribution in [0.3, 0.4) is 0 Å². The number of ether oxygens (including phenoxy) is 3. The van der Waals surface area contributed by atoms with Crippen molar-refractivity contribution in [1.82, 2.24) is 10.3 Å². The second-order valence-corrected chi connectivity index (χ2v) is 7.22. The molecule has 1 amide bonds. The summed E-state index contributed by atoms with van der Waals surface area (Å²) < 4.78 is 44.8. The molecular formula is C24H24F2N4O4. The predicted molar refractivity (Wildman–Crippen MR) is 121 cm³/mol. The number of carbonyl (C=O) groups excluding carboxylic acids is 1. The summed E-state index contributed by atoms with van der Waals surface area (Å²) in [6.45, 7) is 0.190. The molecule has 1 unspecified atom stereocenters. The maximum absolute atomic E-state index is 14.5. The highest BCUT2D eigenvalue weighted by Gasteiger charge is 2.28. The van der Waals surface area contributed by atoms with E-state index in [9.17, 15) is 13.6 Å². The number of hydrogen-bond acceptors (Lipinski definition) is 6. The first-order chi connectivity index (χ1) is 16.3. The van der Waals surface area contributed by atoms with Crippen molar-refractivity contribution in [3.63, 3.8) is 0 Å². The molecular weight excluding hydrogens is 446 g/mol. The number of nitrogens with one attached hydrogen (secondary N) is 2. The fraction of sp³-hybridized carbons (Fsp3) is 0.208. The third kappa shape index (κ3) is 5.84. The SMILES string of the molecule is COc1cc(F)c(C(OC)C(=O)NCc2ccc(C(=N)N)cc2OCc2ccncc2)c(F)c1. The molecule has 178 valence electrons. The summed E-state index contributed by atoms with van der Waals surface area (Å²) in [6.07, 6.45) is 1.74. The Bertz CT molecular complexity index is 1150. The van der Waals surface area contributed by atoms with E-state index in [-0.39, 0.29) is 24.7 Å². The molecule has 0 bridgehead atoms.